The Labute approximate surface area is 136 Å². The van der Waals surface area contributed by atoms with Gasteiger partial charge in [0.05, 0.1) is 23.4 Å². The molecule has 0 radical (unpaired) electrons. The Bertz CT molecular complexity index is 483. The van der Waals surface area contributed by atoms with Gasteiger partial charge in [0.15, 0.2) is 0 Å². The van der Waals surface area contributed by atoms with Crippen LogP contribution in [0.5, 0.6) is 0 Å². The average molecular weight is 407 g/mol. The molecule has 2 saturated heterocycles. The Kier molecular flexibility index (Phi) is 4.07. The molecule has 2 aliphatic heterocycles. The van der Waals surface area contributed by atoms with E-state index >= 15 is 0 Å². The number of hydrogen-bond acceptors (Lipinski definition) is 5. The van der Waals surface area contributed by atoms with Gasteiger partial charge in [0.2, 0.25) is 0 Å². The second-order valence-electron chi connectivity index (χ2n) is 5.60. The summed E-state index contributed by atoms with van der Waals surface area (Å²) in [7, 11) is 0. The summed E-state index contributed by atoms with van der Waals surface area (Å²) in [6.07, 6.45) is 3.32. The van der Waals surface area contributed by atoms with Gasteiger partial charge in [-0.05, 0) is 32.6 Å². The van der Waals surface area contributed by atoms with Gasteiger partial charge in [-0.25, -0.2) is 4.98 Å². The Morgan fingerprint density at radius 1 is 1.55 bits per heavy atom. The number of thiazole rings is 1. The first-order chi connectivity index (χ1) is 9.66. The third-order valence-corrected chi connectivity index (χ3v) is 6.56. The van der Waals surface area contributed by atoms with Crippen LogP contribution in [0, 0.1) is 5.41 Å². The van der Waals surface area contributed by atoms with Crippen molar-refractivity contribution in [3.8, 4) is 0 Å². The van der Waals surface area contributed by atoms with E-state index in [4.69, 9.17) is 9.47 Å². The first-order valence-electron chi connectivity index (χ1n) is 6.95. The Hall–Kier alpha value is -0.210. The van der Waals surface area contributed by atoms with Crippen LogP contribution in [0.25, 0.3) is 0 Å². The zero-order valence-electron chi connectivity index (χ0n) is 11.4. The van der Waals surface area contributed by atoms with Crippen molar-refractivity contribution in [2.24, 2.45) is 5.41 Å². The molecule has 1 aromatic rings. The van der Waals surface area contributed by atoms with Gasteiger partial charge in [-0.1, -0.05) is 22.6 Å². The van der Waals surface area contributed by atoms with Gasteiger partial charge in [-0.2, -0.15) is 0 Å². The first kappa shape index (κ1) is 14.7. The minimum Gasteiger partial charge on any atom is -0.465 e. The fourth-order valence-corrected chi connectivity index (χ4v) is 4.85. The molecule has 1 aliphatic carbocycles. The lowest BCUT2D eigenvalue weighted by atomic mass is 9.62. The summed E-state index contributed by atoms with van der Waals surface area (Å²) < 4.78 is 12.7. The standard InChI is InChI=1S/C14H18INO3S/c1-2-18-12(17)14-5-3-13(8-15,4-6-14)19-11(14)10-7-20-9-16-10/h7,9,11H,2-6,8H2,1H3. The van der Waals surface area contributed by atoms with E-state index in [2.05, 4.69) is 27.6 Å². The van der Waals surface area contributed by atoms with Crippen molar-refractivity contribution in [1.82, 2.24) is 4.98 Å². The van der Waals surface area contributed by atoms with Gasteiger partial charge in [-0.3, -0.25) is 4.79 Å². The molecule has 0 N–H and O–H groups in total. The van der Waals surface area contributed by atoms with Gasteiger partial charge in [0.25, 0.3) is 0 Å². The highest BCUT2D eigenvalue weighted by atomic mass is 127. The molecule has 1 aromatic heterocycles. The number of halogens is 1. The van der Waals surface area contributed by atoms with Crippen molar-refractivity contribution in [2.75, 3.05) is 11.0 Å². The zero-order chi connectivity index (χ0) is 14.2. The molecule has 0 amide bonds. The quantitative estimate of drug-likeness (QED) is 0.436. The number of nitrogens with zero attached hydrogens (tertiary/aromatic N) is 1. The number of carbonyl (C=O) groups excluding carboxylic acids is 1. The SMILES string of the molecule is CCOC(=O)C12CCC(CI)(CC1)OC2c1cscn1. The van der Waals surface area contributed by atoms with Crippen LogP contribution in [0.3, 0.4) is 0 Å². The number of alkyl halides is 1. The summed E-state index contributed by atoms with van der Waals surface area (Å²) in [4.78, 5) is 16.9. The monoisotopic (exact) mass is 407 g/mol. The van der Waals surface area contributed by atoms with E-state index in [1.807, 2.05) is 12.3 Å². The maximum Gasteiger partial charge on any atom is 0.315 e. The van der Waals surface area contributed by atoms with Crippen LogP contribution in [-0.4, -0.2) is 27.6 Å². The molecule has 1 unspecified atom stereocenters. The Balaban J connectivity index is 1.97. The Morgan fingerprint density at radius 3 is 2.85 bits per heavy atom. The van der Waals surface area contributed by atoms with Crippen LogP contribution >= 0.6 is 33.9 Å². The van der Waals surface area contributed by atoms with Crippen LogP contribution in [0.1, 0.15) is 44.4 Å². The van der Waals surface area contributed by atoms with E-state index in [1.165, 1.54) is 0 Å². The van der Waals surface area contributed by atoms with E-state index in [9.17, 15) is 4.79 Å². The van der Waals surface area contributed by atoms with Gasteiger partial charge in [0, 0.05) is 9.81 Å². The predicted octanol–water partition coefficient (Wildman–Crippen LogP) is 3.51. The molecule has 0 spiro atoms. The van der Waals surface area contributed by atoms with Crippen molar-refractivity contribution < 1.29 is 14.3 Å². The lowest BCUT2D eigenvalue weighted by Crippen LogP contribution is -2.57. The summed E-state index contributed by atoms with van der Waals surface area (Å²) in [6, 6.07) is 0. The van der Waals surface area contributed by atoms with Crippen molar-refractivity contribution in [3.63, 3.8) is 0 Å². The normalized spacial score (nSPS) is 36.0. The third kappa shape index (κ3) is 2.20. The summed E-state index contributed by atoms with van der Waals surface area (Å²) in [5.74, 6) is -0.111. The number of ether oxygens (including phenoxy) is 2. The molecule has 110 valence electrons. The topological polar surface area (TPSA) is 48.4 Å². The second-order valence-corrected chi connectivity index (χ2v) is 7.09. The van der Waals surface area contributed by atoms with Gasteiger partial charge < -0.3 is 9.47 Å². The molecule has 3 aliphatic rings. The molecule has 0 aromatic carbocycles. The van der Waals surface area contributed by atoms with E-state index in [0.29, 0.717) is 6.61 Å². The lowest BCUT2D eigenvalue weighted by Gasteiger charge is -2.55. The van der Waals surface area contributed by atoms with Crippen LogP contribution in [0.15, 0.2) is 10.9 Å². The van der Waals surface area contributed by atoms with Gasteiger partial charge in [-0.15, -0.1) is 11.3 Å². The average Bonchev–Trinajstić information content (AvgIpc) is 3.02. The highest BCUT2D eigenvalue weighted by Gasteiger charge is 2.60. The molecule has 6 heteroatoms. The van der Waals surface area contributed by atoms with Gasteiger partial charge >= 0.3 is 5.97 Å². The number of rotatable bonds is 4. The fourth-order valence-electron chi connectivity index (χ4n) is 3.34. The van der Waals surface area contributed by atoms with Crippen molar-refractivity contribution in [3.05, 3.63) is 16.6 Å². The maximum absolute atomic E-state index is 12.5. The highest BCUT2D eigenvalue weighted by molar-refractivity contribution is 14.1. The van der Waals surface area contributed by atoms with Crippen molar-refractivity contribution in [1.29, 1.82) is 0 Å². The van der Waals surface area contributed by atoms with E-state index < -0.39 is 5.41 Å². The smallest absolute Gasteiger partial charge is 0.315 e. The maximum atomic E-state index is 12.5. The first-order valence-corrected chi connectivity index (χ1v) is 9.42. The molecule has 2 bridgehead atoms. The number of esters is 1. The minimum atomic E-state index is -0.530. The number of fused-ring (bicyclic) bond motifs is 3. The van der Waals surface area contributed by atoms with E-state index in [0.717, 1.165) is 35.8 Å². The largest absolute Gasteiger partial charge is 0.465 e. The summed E-state index contributed by atoms with van der Waals surface area (Å²) in [5.41, 5.74) is 2.08. The number of carbonyl (C=O) groups is 1. The van der Waals surface area contributed by atoms with Gasteiger partial charge in [0.1, 0.15) is 11.5 Å². The minimum absolute atomic E-state index is 0.0803. The summed E-state index contributed by atoms with van der Waals surface area (Å²) in [5, 5.41) is 1.99. The summed E-state index contributed by atoms with van der Waals surface area (Å²) >= 11 is 3.94. The van der Waals surface area contributed by atoms with E-state index in [1.54, 1.807) is 16.8 Å². The second kappa shape index (κ2) is 5.53. The molecule has 4 rings (SSSR count). The molecule has 1 saturated carbocycles. The predicted molar refractivity (Wildman–Crippen MR) is 85.1 cm³/mol. The molecule has 3 heterocycles. The fraction of sp³-hybridized carbons (Fsp3) is 0.714. The highest BCUT2D eigenvalue weighted by Crippen LogP contribution is 2.59. The number of hydrogen-bond donors (Lipinski definition) is 0. The number of aromatic nitrogens is 1. The molecular formula is C14H18INO3S. The van der Waals surface area contributed by atoms with Crippen LogP contribution < -0.4 is 0 Å². The molecule has 20 heavy (non-hydrogen) atoms. The molecule has 4 nitrogen and oxygen atoms in total. The molecule has 1 atom stereocenters. The Morgan fingerprint density at radius 2 is 2.30 bits per heavy atom. The van der Waals surface area contributed by atoms with Crippen LogP contribution in [-0.2, 0) is 14.3 Å². The molecular weight excluding hydrogens is 389 g/mol. The zero-order valence-corrected chi connectivity index (χ0v) is 14.4. The molecule has 3 fully saturated rings. The van der Waals surface area contributed by atoms with Crippen molar-refractivity contribution >= 4 is 39.9 Å². The third-order valence-electron chi connectivity index (χ3n) is 4.57. The summed E-state index contributed by atoms with van der Waals surface area (Å²) in [6.45, 7) is 2.27. The lowest BCUT2D eigenvalue weighted by molar-refractivity contribution is -0.236. The van der Waals surface area contributed by atoms with Crippen LogP contribution in [0.4, 0.5) is 0 Å². The van der Waals surface area contributed by atoms with Crippen LogP contribution in [0.2, 0.25) is 0 Å². The van der Waals surface area contributed by atoms with Crippen molar-refractivity contribution in [2.45, 2.75) is 44.3 Å². The van der Waals surface area contributed by atoms with E-state index in [-0.39, 0.29) is 17.7 Å².